The summed E-state index contributed by atoms with van der Waals surface area (Å²) >= 11 is 6.72. The van der Waals surface area contributed by atoms with Crippen molar-refractivity contribution in [2.75, 3.05) is 18.1 Å². The van der Waals surface area contributed by atoms with Gasteiger partial charge < -0.3 is 29.7 Å². The van der Waals surface area contributed by atoms with Gasteiger partial charge in [-0.05, 0) is 55.9 Å². The number of benzene rings is 3. The minimum absolute atomic E-state index is 0.0852. The number of halogens is 1. The summed E-state index contributed by atoms with van der Waals surface area (Å²) in [5.41, 5.74) is 1.12. The second-order valence-corrected chi connectivity index (χ2v) is 14.4. The molecule has 3 aliphatic rings. The number of ether oxygens (including phenoxy) is 2. The van der Waals surface area contributed by atoms with Crippen LogP contribution in [0.15, 0.2) is 104 Å². The van der Waals surface area contributed by atoms with Crippen LogP contribution in [0.2, 0.25) is 5.02 Å². The summed E-state index contributed by atoms with van der Waals surface area (Å²) in [6.07, 6.45) is 3.15. The zero-order valence-corrected chi connectivity index (χ0v) is 30.8. The molecule has 3 amide bonds. The number of allylic oxidation sites excluding steroid dienone is 1. The number of nitrogens with one attached hydrogen (secondary N) is 1. The zero-order valence-electron chi connectivity index (χ0n) is 30.0. The Kier molecular flexibility index (Phi) is 11.5. The quantitative estimate of drug-likeness (QED) is 0.144. The summed E-state index contributed by atoms with van der Waals surface area (Å²) in [6, 6.07) is 20.7. The topological polar surface area (TPSA) is 125 Å². The molecular formula is C42H46ClN3O7. The van der Waals surface area contributed by atoms with E-state index in [1.807, 2.05) is 49.4 Å². The predicted octanol–water partition coefficient (Wildman–Crippen LogP) is 6.03. The first kappa shape index (κ1) is 38.0. The van der Waals surface area contributed by atoms with Gasteiger partial charge in [0.05, 0.1) is 47.3 Å². The maximum atomic E-state index is 15.2. The van der Waals surface area contributed by atoms with Crippen molar-refractivity contribution >= 4 is 41.0 Å². The average Bonchev–Trinajstić information content (AvgIpc) is 3.81. The summed E-state index contributed by atoms with van der Waals surface area (Å²) in [6.45, 7) is 10.8. The van der Waals surface area contributed by atoms with E-state index in [4.69, 9.17) is 21.1 Å². The number of fused-ring (bicyclic) bond motifs is 1. The fourth-order valence-corrected chi connectivity index (χ4v) is 8.80. The van der Waals surface area contributed by atoms with Gasteiger partial charge in [0, 0.05) is 13.0 Å². The Bertz CT molecular complexity index is 1840. The number of hydrogen-bond donors (Lipinski definition) is 2. The lowest BCUT2D eigenvalue weighted by Crippen LogP contribution is -2.57. The Morgan fingerprint density at radius 1 is 1.06 bits per heavy atom. The van der Waals surface area contributed by atoms with E-state index in [0.29, 0.717) is 41.1 Å². The van der Waals surface area contributed by atoms with Crippen LogP contribution in [-0.2, 0) is 28.7 Å². The smallest absolute Gasteiger partial charge is 0.313 e. The Hall–Kier alpha value is -4.77. The standard InChI is InChI=1S/C42H46ClN3O7/c1-5-7-21-33(48)44-27(4)37(29-18-12-9-13-19-29)52-41(51)34-32-22-23-42(53-32)35(34)39(49)46(31(25-47)28-16-10-8-11-17-28)38(42)40(50)45(24-6-2)36-26(3)15-14-20-30(36)43/h5-6,8-20,27,31-32,34-35,37-38,47H,1-2,7,21-25H2,3-4H3,(H,44,48)/t27-,31-,32+,34-,35-,37-,38+,42-/m1/s1. The summed E-state index contributed by atoms with van der Waals surface area (Å²) in [5, 5.41) is 14.2. The molecule has 8 atom stereocenters. The molecule has 278 valence electrons. The van der Waals surface area contributed by atoms with Crippen molar-refractivity contribution in [1.29, 1.82) is 0 Å². The minimum Gasteiger partial charge on any atom is -0.455 e. The molecule has 0 aliphatic carbocycles. The number of likely N-dealkylation sites (tertiary alicyclic amines) is 1. The number of hydrogen-bond acceptors (Lipinski definition) is 7. The molecule has 3 heterocycles. The highest BCUT2D eigenvalue weighted by atomic mass is 35.5. The number of amides is 3. The molecule has 0 unspecified atom stereocenters. The first-order valence-corrected chi connectivity index (χ1v) is 18.4. The molecule has 3 aromatic rings. The highest BCUT2D eigenvalue weighted by Crippen LogP contribution is 2.60. The minimum atomic E-state index is -1.40. The molecule has 0 aromatic heterocycles. The summed E-state index contributed by atoms with van der Waals surface area (Å²) < 4.78 is 13.0. The van der Waals surface area contributed by atoms with Gasteiger partial charge in [-0.15, -0.1) is 13.2 Å². The normalized spacial score (nSPS) is 24.5. The number of aliphatic hydroxyl groups is 1. The van der Waals surface area contributed by atoms with Crippen molar-refractivity contribution < 1.29 is 33.8 Å². The molecule has 0 radical (unpaired) electrons. The molecular weight excluding hydrogens is 694 g/mol. The van der Waals surface area contributed by atoms with Crippen LogP contribution in [0.1, 0.15) is 61.4 Å². The van der Waals surface area contributed by atoms with E-state index in [2.05, 4.69) is 18.5 Å². The summed E-state index contributed by atoms with van der Waals surface area (Å²) in [7, 11) is 0. The number of nitrogens with zero attached hydrogens (tertiary/aromatic N) is 2. The lowest BCUT2D eigenvalue weighted by atomic mass is 9.70. The molecule has 10 nitrogen and oxygen atoms in total. The number of para-hydroxylation sites is 1. The van der Waals surface area contributed by atoms with Crippen LogP contribution in [0.4, 0.5) is 5.69 Å². The Balaban J connectivity index is 1.41. The summed E-state index contributed by atoms with van der Waals surface area (Å²) in [4.78, 5) is 60.4. The van der Waals surface area contributed by atoms with Crippen molar-refractivity contribution in [3.63, 3.8) is 0 Å². The fourth-order valence-electron chi connectivity index (χ4n) is 8.48. The Morgan fingerprint density at radius 2 is 1.74 bits per heavy atom. The molecule has 6 rings (SSSR count). The molecule has 11 heteroatoms. The van der Waals surface area contributed by atoms with Crippen molar-refractivity contribution in [2.24, 2.45) is 11.8 Å². The zero-order chi connectivity index (χ0) is 37.9. The number of anilines is 1. The summed E-state index contributed by atoms with van der Waals surface area (Å²) in [5.74, 6) is -3.93. The molecule has 3 aromatic carbocycles. The van der Waals surface area contributed by atoms with Crippen LogP contribution in [0.3, 0.4) is 0 Å². The van der Waals surface area contributed by atoms with Gasteiger partial charge in [0.25, 0.3) is 5.91 Å². The first-order chi connectivity index (χ1) is 25.6. The van der Waals surface area contributed by atoms with Gasteiger partial charge in [0.1, 0.15) is 17.7 Å². The average molecular weight is 740 g/mol. The van der Waals surface area contributed by atoms with Gasteiger partial charge in [-0.1, -0.05) is 96.5 Å². The van der Waals surface area contributed by atoms with Gasteiger partial charge in [0.2, 0.25) is 11.8 Å². The van der Waals surface area contributed by atoms with E-state index in [-0.39, 0.29) is 18.9 Å². The lowest BCUT2D eigenvalue weighted by Gasteiger charge is -2.39. The number of rotatable bonds is 15. The number of carbonyl (C=O) groups is 4. The van der Waals surface area contributed by atoms with Gasteiger partial charge in [0.15, 0.2) is 0 Å². The number of esters is 1. The van der Waals surface area contributed by atoms with E-state index in [9.17, 15) is 14.7 Å². The second-order valence-electron chi connectivity index (χ2n) is 14.0. The van der Waals surface area contributed by atoms with Crippen LogP contribution in [0.5, 0.6) is 0 Å². The third-order valence-corrected chi connectivity index (χ3v) is 11.1. The highest BCUT2D eigenvalue weighted by molar-refractivity contribution is 6.34. The maximum absolute atomic E-state index is 15.2. The van der Waals surface area contributed by atoms with Gasteiger partial charge in [-0.25, -0.2) is 0 Å². The van der Waals surface area contributed by atoms with Crippen molar-refractivity contribution in [2.45, 2.75) is 75.5 Å². The number of carbonyl (C=O) groups excluding carboxylic acids is 4. The largest absolute Gasteiger partial charge is 0.455 e. The molecule has 3 fully saturated rings. The SMILES string of the molecule is C=CCCC(=O)N[C@H](C)[C@@H](OC(=O)[C@@H]1[C@@H]2CC[C@]3(O2)[C@H](C(=O)N(CC=C)c2c(C)cccc2Cl)N([C@H](CO)c2ccccc2)C(=O)[C@@H]13)c1ccccc1. The van der Waals surface area contributed by atoms with Crippen molar-refractivity contribution in [3.05, 3.63) is 126 Å². The van der Waals surface area contributed by atoms with Crippen LogP contribution in [0, 0.1) is 18.8 Å². The van der Waals surface area contributed by atoms with E-state index >= 15 is 9.59 Å². The third-order valence-electron chi connectivity index (χ3n) is 10.8. The first-order valence-electron chi connectivity index (χ1n) is 18.1. The molecule has 53 heavy (non-hydrogen) atoms. The number of aryl methyl sites for hydroxylation is 1. The van der Waals surface area contributed by atoms with E-state index in [1.165, 1.54) is 9.80 Å². The molecule has 3 aliphatic heterocycles. The molecule has 2 bridgehead atoms. The van der Waals surface area contributed by atoms with E-state index in [1.54, 1.807) is 55.5 Å². The second kappa shape index (κ2) is 16.1. The molecule has 0 saturated carbocycles. The van der Waals surface area contributed by atoms with Crippen LogP contribution >= 0.6 is 11.6 Å². The lowest BCUT2D eigenvalue weighted by molar-refractivity contribution is -0.162. The molecule has 3 saturated heterocycles. The predicted molar refractivity (Wildman–Crippen MR) is 202 cm³/mol. The van der Waals surface area contributed by atoms with Crippen LogP contribution in [-0.4, -0.2) is 70.6 Å². The number of aliphatic hydroxyl groups excluding tert-OH is 1. The van der Waals surface area contributed by atoms with Gasteiger partial charge in [-0.2, -0.15) is 0 Å². The molecule has 1 spiro atoms. The third kappa shape index (κ3) is 7.03. The van der Waals surface area contributed by atoms with Gasteiger partial charge in [-0.3, -0.25) is 19.2 Å². The van der Waals surface area contributed by atoms with Crippen LogP contribution < -0.4 is 10.2 Å². The monoisotopic (exact) mass is 739 g/mol. The maximum Gasteiger partial charge on any atom is 0.313 e. The molecule has 2 N–H and O–H groups in total. The Morgan fingerprint density at radius 3 is 2.36 bits per heavy atom. The van der Waals surface area contributed by atoms with Gasteiger partial charge >= 0.3 is 5.97 Å². The van der Waals surface area contributed by atoms with E-state index in [0.717, 1.165) is 5.56 Å². The van der Waals surface area contributed by atoms with Crippen molar-refractivity contribution in [3.8, 4) is 0 Å². The van der Waals surface area contributed by atoms with E-state index < -0.39 is 72.2 Å². The van der Waals surface area contributed by atoms with Crippen LogP contribution in [0.25, 0.3) is 0 Å². The fraction of sp³-hybridized carbons (Fsp3) is 0.381. The Labute approximate surface area is 315 Å². The highest BCUT2D eigenvalue weighted by Gasteiger charge is 2.76. The van der Waals surface area contributed by atoms with Crippen molar-refractivity contribution in [1.82, 2.24) is 10.2 Å².